The molecule has 24 heavy (non-hydrogen) atoms. The van der Waals surface area contributed by atoms with Crippen molar-refractivity contribution in [1.29, 1.82) is 0 Å². The highest BCUT2D eigenvalue weighted by molar-refractivity contribution is 5.87. The molecule has 0 aliphatic carbocycles. The second-order valence-corrected chi connectivity index (χ2v) is 7.13. The van der Waals surface area contributed by atoms with Crippen LogP contribution in [0.3, 0.4) is 0 Å². The van der Waals surface area contributed by atoms with Gasteiger partial charge in [0.05, 0.1) is 11.9 Å². The normalized spacial score (nSPS) is 25.2. The average Bonchev–Trinajstić information content (AvgIpc) is 3.18. The number of carbonyl (C=O) groups excluding carboxylic acids is 1. The van der Waals surface area contributed by atoms with Gasteiger partial charge in [-0.25, -0.2) is 4.98 Å². The number of pyridine rings is 1. The van der Waals surface area contributed by atoms with E-state index in [1.807, 2.05) is 24.4 Å². The maximum Gasteiger partial charge on any atom is 0.243 e. The summed E-state index contributed by atoms with van der Waals surface area (Å²) in [6, 6.07) is 6.07. The summed E-state index contributed by atoms with van der Waals surface area (Å²) in [6.45, 7) is 5.78. The summed E-state index contributed by atoms with van der Waals surface area (Å²) in [7, 11) is 0. The van der Waals surface area contributed by atoms with Gasteiger partial charge in [0.15, 0.2) is 0 Å². The Kier molecular flexibility index (Phi) is 4.04. The maximum atomic E-state index is 13.2. The number of fused-ring (bicyclic) bond motifs is 1. The Balaban J connectivity index is 1.61. The Morgan fingerprint density at radius 3 is 2.88 bits per heavy atom. The summed E-state index contributed by atoms with van der Waals surface area (Å²) in [5.41, 5.74) is 1.88. The van der Waals surface area contributed by atoms with E-state index in [1.165, 1.54) is 5.69 Å². The van der Waals surface area contributed by atoms with Crippen molar-refractivity contribution in [2.45, 2.75) is 51.1 Å². The quantitative estimate of drug-likeness (QED) is 0.867. The molecule has 0 N–H and O–H groups in total. The third kappa shape index (κ3) is 2.42. The number of carbonyl (C=O) groups is 1. The monoisotopic (exact) mass is 326 g/mol. The lowest BCUT2D eigenvalue weighted by Crippen LogP contribution is -2.59. The molecule has 2 fully saturated rings. The van der Waals surface area contributed by atoms with Crippen LogP contribution in [0.4, 0.5) is 0 Å². The molecule has 128 valence electrons. The van der Waals surface area contributed by atoms with Gasteiger partial charge >= 0.3 is 0 Å². The topological polar surface area (TPSA) is 40.9 Å². The molecule has 0 saturated carbocycles. The molecule has 2 aliphatic rings. The fourth-order valence-corrected chi connectivity index (χ4v) is 4.54. The zero-order chi connectivity index (χ0) is 16.6. The van der Waals surface area contributed by atoms with Gasteiger partial charge in [-0.05, 0) is 50.8 Å². The fourth-order valence-electron chi connectivity index (χ4n) is 4.54. The first kappa shape index (κ1) is 15.6. The summed E-state index contributed by atoms with van der Waals surface area (Å²) in [5.74, 6) is 0.363. The number of nitrogens with zero attached hydrogens (tertiary/aromatic N) is 4. The van der Waals surface area contributed by atoms with Crippen molar-refractivity contribution in [3.05, 3.63) is 36.3 Å². The van der Waals surface area contributed by atoms with Crippen LogP contribution in [-0.2, 0) is 11.3 Å². The lowest BCUT2D eigenvalue weighted by Gasteiger charge is -2.44. The molecule has 4 heterocycles. The van der Waals surface area contributed by atoms with Crippen molar-refractivity contribution >= 4 is 11.6 Å². The molecule has 2 aliphatic heterocycles. The number of rotatable bonds is 4. The van der Waals surface area contributed by atoms with Crippen molar-refractivity contribution in [3.8, 4) is 0 Å². The molecule has 1 amide bonds. The van der Waals surface area contributed by atoms with Gasteiger partial charge in [0.1, 0.15) is 11.2 Å². The van der Waals surface area contributed by atoms with E-state index in [9.17, 15) is 4.79 Å². The minimum absolute atomic E-state index is 0.271. The highest BCUT2D eigenvalue weighted by Gasteiger charge is 2.50. The van der Waals surface area contributed by atoms with E-state index in [0.717, 1.165) is 63.9 Å². The fraction of sp³-hybridized carbons (Fsp3) is 0.579. The number of amides is 1. The van der Waals surface area contributed by atoms with Gasteiger partial charge in [0.2, 0.25) is 5.91 Å². The zero-order valence-corrected chi connectivity index (χ0v) is 14.4. The van der Waals surface area contributed by atoms with Gasteiger partial charge in [-0.3, -0.25) is 9.69 Å². The number of imidazole rings is 1. The predicted octanol–water partition coefficient (Wildman–Crippen LogP) is 2.70. The molecule has 0 bridgehead atoms. The maximum absolute atomic E-state index is 13.2. The van der Waals surface area contributed by atoms with Crippen LogP contribution in [0, 0.1) is 0 Å². The largest absolute Gasteiger partial charge is 0.341 e. The Morgan fingerprint density at radius 1 is 1.21 bits per heavy atom. The number of aromatic nitrogens is 2. The van der Waals surface area contributed by atoms with Crippen LogP contribution >= 0.6 is 0 Å². The van der Waals surface area contributed by atoms with Crippen LogP contribution in [0.25, 0.3) is 5.65 Å². The van der Waals surface area contributed by atoms with Crippen LogP contribution < -0.4 is 0 Å². The molecule has 2 aromatic heterocycles. The van der Waals surface area contributed by atoms with E-state index >= 15 is 0 Å². The molecule has 2 aromatic rings. The average molecular weight is 326 g/mol. The first-order valence-electron chi connectivity index (χ1n) is 9.20. The van der Waals surface area contributed by atoms with Gasteiger partial charge < -0.3 is 9.30 Å². The van der Waals surface area contributed by atoms with Crippen LogP contribution in [0.2, 0.25) is 0 Å². The van der Waals surface area contributed by atoms with Crippen molar-refractivity contribution in [3.63, 3.8) is 0 Å². The lowest BCUT2D eigenvalue weighted by atomic mass is 9.85. The van der Waals surface area contributed by atoms with Gasteiger partial charge in [-0.2, -0.15) is 0 Å². The summed E-state index contributed by atoms with van der Waals surface area (Å²) < 4.78 is 2.14. The van der Waals surface area contributed by atoms with E-state index in [4.69, 9.17) is 0 Å². The molecule has 5 heteroatoms. The Labute approximate surface area is 143 Å². The molecule has 1 unspecified atom stereocenters. The van der Waals surface area contributed by atoms with Gasteiger partial charge in [0.25, 0.3) is 0 Å². The first-order valence-corrected chi connectivity index (χ1v) is 9.20. The van der Waals surface area contributed by atoms with Crippen molar-refractivity contribution in [2.24, 2.45) is 0 Å². The van der Waals surface area contributed by atoms with E-state index in [1.54, 1.807) is 0 Å². The predicted molar refractivity (Wildman–Crippen MR) is 93.7 cm³/mol. The highest BCUT2D eigenvalue weighted by Crippen LogP contribution is 2.39. The van der Waals surface area contributed by atoms with Crippen molar-refractivity contribution < 1.29 is 4.79 Å². The molecular formula is C19H26N4O. The minimum Gasteiger partial charge on any atom is -0.341 e. The van der Waals surface area contributed by atoms with Gasteiger partial charge in [0, 0.05) is 25.8 Å². The third-order valence-corrected chi connectivity index (χ3v) is 5.67. The third-order valence-electron chi connectivity index (χ3n) is 5.67. The van der Waals surface area contributed by atoms with Crippen molar-refractivity contribution in [2.75, 3.05) is 19.6 Å². The second-order valence-electron chi connectivity index (χ2n) is 7.13. The second kappa shape index (κ2) is 6.20. The molecule has 0 radical (unpaired) electrons. The Hall–Kier alpha value is -1.88. The van der Waals surface area contributed by atoms with Gasteiger partial charge in [-0.1, -0.05) is 13.0 Å². The van der Waals surface area contributed by atoms with E-state index in [-0.39, 0.29) is 5.54 Å². The molecule has 1 spiro atoms. The zero-order valence-electron chi connectivity index (χ0n) is 14.4. The van der Waals surface area contributed by atoms with Crippen LogP contribution in [-0.4, -0.2) is 50.3 Å². The SMILES string of the molecule is CCCN1CCCC2(CCCN2Cc2cnc3ccccn23)C1=O. The molecule has 5 nitrogen and oxygen atoms in total. The number of piperidine rings is 1. The summed E-state index contributed by atoms with van der Waals surface area (Å²) in [4.78, 5) is 22.2. The smallest absolute Gasteiger partial charge is 0.243 e. The van der Waals surface area contributed by atoms with Crippen molar-refractivity contribution in [1.82, 2.24) is 19.2 Å². The highest BCUT2D eigenvalue weighted by atomic mass is 16.2. The molecule has 2 saturated heterocycles. The number of likely N-dealkylation sites (tertiary alicyclic amines) is 2. The number of hydrogen-bond acceptors (Lipinski definition) is 3. The molecule has 0 aromatic carbocycles. The standard InChI is InChI=1S/C19H26N4O/c1-2-10-21-11-5-8-19(18(21)24)9-6-12-22(19)15-16-14-20-17-7-3-4-13-23(16)17/h3-4,7,13-14H,2,5-6,8-12,15H2,1H3. The molecule has 4 rings (SSSR count). The summed E-state index contributed by atoms with van der Waals surface area (Å²) >= 11 is 0. The van der Waals surface area contributed by atoms with Gasteiger partial charge in [-0.15, -0.1) is 0 Å². The summed E-state index contributed by atoms with van der Waals surface area (Å²) in [5, 5.41) is 0. The first-order chi connectivity index (χ1) is 11.7. The lowest BCUT2D eigenvalue weighted by molar-refractivity contribution is -0.147. The minimum atomic E-state index is -0.271. The molecule has 1 atom stereocenters. The van der Waals surface area contributed by atoms with E-state index in [0.29, 0.717) is 5.91 Å². The van der Waals surface area contributed by atoms with Crippen LogP contribution in [0.5, 0.6) is 0 Å². The summed E-state index contributed by atoms with van der Waals surface area (Å²) in [6.07, 6.45) is 9.30. The Bertz CT molecular complexity index is 738. The Morgan fingerprint density at radius 2 is 2.04 bits per heavy atom. The number of hydrogen-bond donors (Lipinski definition) is 0. The van der Waals surface area contributed by atoms with Crippen LogP contribution in [0.15, 0.2) is 30.6 Å². The van der Waals surface area contributed by atoms with E-state index in [2.05, 4.69) is 32.3 Å². The van der Waals surface area contributed by atoms with E-state index < -0.39 is 0 Å². The van der Waals surface area contributed by atoms with Crippen LogP contribution in [0.1, 0.15) is 44.7 Å². The molecular weight excluding hydrogens is 300 g/mol.